The molecular weight excluding hydrogens is 461 g/mol. The Kier molecular flexibility index (Phi) is 7.92. The van der Waals surface area contributed by atoms with Crippen molar-refractivity contribution in [2.24, 2.45) is 34.5 Å². The van der Waals surface area contributed by atoms with Crippen molar-refractivity contribution in [2.45, 2.75) is 123 Å². The van der Waals surface area contributed by atoms with Gasteiger partial charge in [-0.3, -0.25) is 0 Å². The molecule has 0 bridgehead atoms. The van der Waals surface area contributed by atoms with E-state index < -0.39 is 16.6 Å². The number of fused-ring (bicyclic) bond motifs is 5. The van der Waals surface area contributed by atoms with Crippen LogP contribution in [0, 0.1) is 34.5 Å². The standard InChI is InChI=1S/C31H54O2Si2/c1-10-20-34(6,7)32-23(3)27-14-15-28-26-13-12-24-22-25(33-35(8,9)21-11-2)16-18-30(24,4)29(26)17-19-31(27,28)5/h10-12,23,25-29H,1-2,13-22H2,3-9H3/t23-,25-,26?,27+,28?,29?,30-,31+/m0/s1. The van der Waals surface area contributed by atoms with Crippen LogP contribution in [0.15, 0.2) is 37.0 Å². The Labute approximate surface area is 219 Å². The van der Waals surface area contributed by atoms with Crippen molar-refractivity contribution in [1.82, 2.24) is 0 Å². The summed E-state index contributed by atoms with van der Waals surface area (Å²) < 4.78 is 13.6. The van der Waals surface area contributed by atoms with Gasteiger partial charge >= 0.3 is 0 Å². The Balaban J connectivity index is 1.48. The minimum atomic E-state index is -1.66. The van der Waals surface area contributed by atoms with Crippen LogP contribution in [0.2, 0.25) is 38.3 Å². The van der Waals surface area contributed by atoms with E-state index >= 15 is 0 Å². The van der Waals surface area contributed by atoms with Gasteiger partial charge in [0.2, 0.25) is 0 Å². The fraction of sp³-hybridized carbons (Fsp3) is 0.806. The van der Waals surface area contributed by atoms with Gasteiger partial charge in [0.1, 0.15) is 0 Å². The summed E-state index contributed by atoms with van der Waals surface area (Å²) in [6.07, 6.45) is 18.2. The van der Waals surface area contributed by atoms with E-state index in [1.807, 2.05) is 0 Å². The summed E-state index contributed by atoms with van der Waals surface area (Å²) in [6, 6.07) is 2.11. The predicted molar refractivity (Wildman–Crippen MR) is 156 cm³/mol. The summed E-state index contributed by atoms with van der Waals surface area (Å²) in [5, 5.41) is 0. The van der Waals surface area contributed by atoms with Crippen molar-refractivity contribution in [3.8, 4) is 0 Å². The van der Waals surface area contributed by atoms with Gasteiger partial charge in [0.05, 0.1) is 0 Å². The van der Waals surface area contributed by atoms with E-state index in [4.69, 9.17) is 8.85 Å². The van der Waals surface area contributed by atoms with Gasteiger partial charge in [-0.1, -0.05) is 37.6 Å². The number of allylic oxidation sites excluding steroid dienone is 3. The molecular formula is C31H54O2Si2. The largest absolute Gasteiger partial charge is 0.414 e. The molecule has 0 heterocycles. The molecule has 0 aromatic rings. The molecule has 0 aromatic heterocycles. The van der Waals surface area contributed by atoms with Gasteiger partial charge in [0, 0.05) is 12.2 Å². The molecule has 0 N–H and O–H groups in total. The zero-order valence-corrected chi connectivity index (χ0v) is 26.0. The molecule has 3 fully saturated rings. The van der Waals surface area contributed by atoms with Crippen LogP contribution >= 0.6 is 0 Å². The van der Waals surface area contributed by atoms with E-state index in [9.17, 15) is 0 Å². The molecule has 4 rings (SSSR count). The molecule has 35 heavy (non-hydrogen) atoms. The Bertz CT molecular complexity index is 832. The molecule has 2 nitrogen and oxygen atoms in total. The first-order valence-corrected chi connectivity index (χ1v) is 20.9. The second kappa shape index (κ2) is 10.0. The van der Waals surface area contributed by atoms with E-state index in [-0.39, 0.29) is 0 Å². The molecule has 198 valence electrons. The van der Waals surface area contributed by atoms with Crippen LogP contribution in [0.1, 0.15) is 72.1 Å². The highest BCUT2D eigenvalue weighted by molar-refractivity contribution is 6.72. The van der Waals surface area contributed by atoms with Crippen molar-refractivity contribution in [3.05, 3.63) is 37.0 Å². The summed E-state index contributed by atoms with van der Waals surface area (Å²) in [6.45, 7) is 25.1. The highest BCUT2D eigenvalue weighted by atomic mass is 28.4. The molecule has 0 aromatic carbocycles. The molecule has 0 saturated heterocycles. The quantitative estimate of drug-likeness (QED) is 0.225. The topological polar surface area (TPSA) is 18.5 Å². The third-order valence-electron chi connectivity index (χ3n) is 11.0. The summed E-state index contributed by atoms with van der Waals surface area (Å²) in [7, 11) is -3.30. The lowest BCUT2D eigenvalue weighted by Gasteiger charge is -2.58. The normalized spacial score (nSPS) is 40.2. The monoisotopic (exact) mass is 514 g/mol. The van der Waals surface area contributed by atoms with Crippen molar-refractivity contribution in [3.63, 3.8) is 0 Å². The van der Waals surface area contributed by atoms with Crippen LogP contribution in [-0.2, 0) is 8.85 Å². The first kappa shape index (κ1) is 27.6. The van der Waals surface area contributed by atoms with Crippen LogP contribution in [0.4, 0.5) is 0 Å². The Hall–Kier alpha value is -0.426. The molecule has 0 spiro atoms. The van der Waals surface area contributed by atoms with Crippen molar-refractivity contribution < 1.29 is 8.85 Å². The smallest absolute Gasteiger partial charge is 0.190 e. The molecule has 0 radical (unpaired) electrons. The number of hydrogen-bond donors (Lipinski definition) is 0. The zero-order chi connectivity index (χ0) is 25.6. The van der Waals surface area contributed by atoms with Crippen molar-refractivity contribution >= 4 is 16.6 Å². The van der Waals surface area contributed by atoms with Gasteiger partial charge in [-0.2, -0.15) is 0 Å². The lowest BCUT2D eigenvalue weighted by molar-refractivity contribution is -0.0645. The van der Waals surface area contributed by atoms with Crippen LogP contribution in [-0.4, -0.2) is 28.8 Å². The lowest BCUT2D eigenvalue weighted by atomic mass is 9.47. The molecule has 3 saturated carbocycles. The summed E-state index contributed by atoms with van der Waals surface area (Å²) in [5.74, 6) is 3.30. The van der Waals surface area contributed by atoms with Crippen LogP contribution in [0.25, 0.3) is 0 Å². The average molecular weight is 515 g/mol. The molecule has 4 aliphatic carbocycles. The zero-order valence-electron chi connectivity index (χ0n) is 24.0. The molecule has 4 aliphatic rings. The summed E-state index contributed by atoms with van der Waals surface area (Å²) >= 11 is 0. The second-order valence-electron chi connectivity index (χ2n) is 14.3. The molecule has 4 heteroatoms. The maximum Gasteiger partial charge on any atom is 0.190 e. The fourth-order valence-electron chi connectivity index (χ4n) is 9.37. The number of rotatable bonds is 9. The van der Waals surface area contributed by atoms with Gasteiger partial charge in [0.15, 0.2) is 16.6 Å². The predicted octanol–water partition coefficient (Wildman–Crippen LogP) is 9.14. The Morgan fingerprint density at radius 2 is 1.66 bits per heavy atom. The fourth-order valence-corrected chi connectivity index (χ4v) is 13.2. The second-order valence-corrected chi connectivity index (χ2v) is 22.6. The third kappa shape index (κ3) is 5.29. The van der Waals surface area contributed by atoms with Crippen molar-refractivity contribution in [1.29, 1.82) is 0 Å². The Morgan fingerprint density at radius 3 is 2.34 bits per heavy atom. The molecule has 3 unspecified atom stereocenters. The summed E-state index contributed by atoms with van der Waals surface area (Å²) in [5.41, 5.74) is 2.58. The SMILES string of the molecule is C=CC[Si](C)(C)O[C@H]1CC[C@@]2(C)C(=CCC3C2CC[C@@]2(C)C3CC[C@@H]2[C@H](C)O[Si](C)(C)CC=C)C1. The molecule has 0 aliphatic heterocycles. The maximum atomic E-state index is 6.83. The van der Waals surface area contributed by atoms with Gasteiger partial charge < -0.3 is 8.85 Å². The van der Waals surface area contributed by atoms with Gasteiger partial charge in [-0.15, -0.1) is 13.2 Å². The maximum absolute atomic E-state index is 6.83. The number of hydrogen-bond acceptors (Lipinski definition) is 2. The first-order valence-electron chi connectivity index (χ1n) is 14.6. The highest BCUT2D eigenvalue weighted by Gasteiger charge is 2.59. The molecule has 8 atom stereocenters. The minimum absolute atomic E-state index is 0.379. The van der Waals surface area contributed by atoms with Crippen LogP contribution < -0.4 is 0 Å². The lowest BCUT2D eigenvalue weighted by Crippen LogP contribution is -2.52. The van der Waals surface area contributed by atoms with Crippen LogP contribution in [0.3, 0.4) is 0 Å². The van der Waals surface area contributed by atoms with Crippen LogP contribution in [0.5, 0.6) is 0 Å². The summed E-state index contributed by atoms with van der Waals surface area (Å²) in [4.78, 5) is 0. The third-order valence-corrected chi connectivity index (χ3v) is 15.5. The average Bonchev–Trinajstić information content (AvgIpc) is 3.10. The van der Waals surface area contributed by atoms with E-state index in [2.05, 4.69) is 78.3 Å². The molecule has 0 amide bonds. The van der Waals surface area contributed by atoms with Crippen molar-refractivity contribution in [2.75, 3.05) is 0 Å². The van der Waals surface area contributed by atoms with E-state index in [1.165, 1.54) is 51.4 Å². The first-order chi connectivity index (χ1) is 16.4. The van der Waals surface area contributed by atoms with Gasteiger partial charge in [-0.25, -0.2) is 0 Å². The van der Waals surface area contributed by atoms with Gasteiger partial charge in [0.25, 0.3) is 0 Å². The van der Waals surface area contributed by atoms with E-state index in [0.717, 1.165) is 29.8 Å². The van der Waals surface area contributed by atoms with Gasteiger partial charge in [-0.05, 0) is 131 Å². The van der Waals surface area contributed by atoms with E-state index in [0.29, 0.717) is 29.0 Å². The minimum Gasteiger partial charge on any atom is -0.414 e. The Morgan fingerprint density at radius 1 is 0.971 bits per heavy atom. The highest BCUT2D eigenvalue weighted by Crippen LogP contribution is 2.67. The van der Waals surface area contributed by atoms with E-state index in [1.54, 1.807) is 5.57 Å².